The number of anilines is 1. The highest BCUT2D eigenvalue weighted by atomic mass is 16.2. The van der Waals surface area contributed by atoms with E-state index in [1.165, 1.54) is 12.8 Å². The minimum Gasteiger partial charge on any atom is -0.339 e. The fourth-order valence-electron chi connectivity index (χ4n) is 4.68. The average Bonchev–Trinajstić information content (AvgIpc) is 2.98. The van der Waals surface area contributed by atoms with E-state index >= 15 is 0 Å². The van der Waals surface area contributed by atoms with Crippen LogP contribution in [0.4, 0.5) is 5.95 Å². The van der Waals surface area contributed by atoms with E-state index in [4.69, 9.17) is 0 Å². The topological polar surface area (TPSA) is 72.9 Å². The molecule has 3 fully saturated rings. The Morgan fingerprint density at radius 3 is 2.04 bits per heavy atom. The zero-order valence-corrected chi connectivity index (χ0v) is 17.0. The normalized spacial score (nSPS) is 25.5. The maximum absolute atomic E-state index is 12.8. The predicted octanol–water partition coefficient (Wildman–Crippen LogP) is 0.700. The van der Waals surface area contributed by atoms with Gasteiger partial charge >= 0.3 is 0 Å². The van der Waals surface area contributed by atoms with E-state index in [-0.39, 0.29) is 17.7 Å². The lowest BCUT2D eigenvalue weighted by molar-refractivity contribution is -0.135. The first kappa shape index (κ1) is 19.1. The number of carbonyl (C=O) groups is 2. The van der Waals surface area contributed by atoms with Crippen LogP contribution in [0.15, 0.2) is 12.4 Å². The molecule has 2 atom stereocenters. The van der Waals surface area contributed by atoms with Crippen molar-refractivity contribution in [3.63, 3.8) is 0 Å². The number of nitrogens with zero attached hydrogens (tertiary/aromatic N) is 6. The maximum atomic E-state index is 12.8. The maximum Gasteiger partial charge on any atom is 0.257 e. The number of aromatic nitrogens is 2. The lowest BCUT2D eigenvalue weighted by Crippen LogP contribution is -2.53. The van der Waals surface area contributed by atoms with Crippen molar-refractivity contribution in [2.45, 2.75) is 38.8 Å². The van der Waals surface area contributed by atoms with Crippen LogP contribution in [0.5, 0.6) is 0 Å². The second-order valence-electron chi connectivity index (χ2n) is 8.56. The standard InChI is InChI=1S/C20H30N6O2/c1-14(2)18(27)24-6-8-25(9-7-24)19(28)15-10-21-20(22-11-15)26-16-4-5-17(26)13-23(3)12-16/h10-11,14,16-17H,4-9,12-13H2,1-3H3. The van der Waals surface area contributed by atoms with E-state index < -0.39 is 0 Å². The molecule has 3 aliphatic rings. The molecule has 8 heteroatoms. The Hall–Kier alpha value is -2.22. The summed E-state index contributed by atoms with van der Waals surface area (Å²) in [6.07, 6.45) is 5.68. The second kappa shape index (κ2) is 7.66. The molecule has 152 valence electrons. The monoisotopic (exact) mass is 386 g/mol. The van der Waals surface area contributed by atoms with Crippen molar-refractivity contribution in [3.8, 4) is 0 Å². The summed E-state index contributed by atoms with van der Waals surface area (Å²) in [5, 5.41) is 0. The van der Waals surface area contributed by atoms with Crippen LogP contribution in [-0.4, -0.2) is 94.9 Å². The van der Waals surface area contributed by atoms with Crippen LogP contribution in [-0.2, 0) is 4.79 Å². The molecule has 0 spiro atoms. The SMILES string of the molecule is CC(C)C(=O)N1CCN(C(=O)c2cnc(N3C4CCC3CN(C)C4)nc2)CC1. The van der Waals surface area contributed by atoms with Gasteiger partial charge in [0.1, 0.15) is 0 Å². The lowest BCUT2D eigenvalue weighted by Gasteiger charge is -2.39. The number of amides is 2. The zero-order valence-electron chi connectivity index (χ0n) is 17.0. The largest absolute Gasteiger partial charge is 0.339 e. The number of rotatable bonds is 3. The zero-order chi connectivity index (χ0) is 19.8. The molecule has 8 nitrogen and oxygen atoms in total. The molecule has 0 N–H and O–H groups in total. The second-order valence-corrected chi connectivity index (χ2v) is 8.56. The van der Waals surface area contributed by atoms with Crippen molar-refractivity contribution in [3.05, 3.63) is 18.0 Å². The Balaban J connectivity index is 1.38. The van der Waals surface area contributed by atoms with E-state index in [0.29, 0.717) is 43.8 Å². The molecule has 0 aliphatic carbocycles. The van der Waals surface area contributed by atoms with Crippen molar-refractivity contribution in [2.75, 3.05) is 51.2 Å². The number of hydrogen-bond acceptors (Lipinski definition) is 6. The number of piperazine rings is 2. The highest BCUT2D eigenvalue weighted by molar-refractivity contribution is 5.94. The molecule has 4 heterocycles. The molecule has 2 unspecified atom stereocenters. The van der Waals surface area contributed by atoms with E-state index in [9.17, 15) is 9.59 Å². The first-order valence-electron chi connectivity index (χ1n) is 10.3. The third kappa shape index (κ3) is 3.57. The van der Waals surface area contributed by atoms with E-state index in [2.05, 4.69) is 26.8 Å². The minimum absolute atomic E-state index is 0.00642. The highest BCUT2D eigenvalue weighted by Crippen LogP contribution is 2.32. The predicted molar refractivity (Wildman–Crippen MR) is 106 cm³/mol. The first-order chi connectivity index (χ1) is 13.4. The van der Waals surface area contributed by atoms with Gasteiger partial charge in [-0.05, 0) is 19.9 Å². The van der Waals surface area contributed by atoms with Crippen molar-refractivity contribution in [1.82, 2.24) is 24.7 Å². The molecule has 1 aromatic heterocycles. The Bertz CT molecular complexity index is 715. The van der Waals surface area contributed by atoms with E-state index in [0.717, 1.165) is 19.0 Å². The van der Waals surface area contributed by atoms with Crippen LogP contribution in [0.25, 0.3) is 0 Å². The van der Waals surface area contributed by atoms with Crippen molar-refractivity contribution < 1.29 is 9.59 Å². The first-order valence-corrected chi connectivity index (χ1v) is 10.3. The Morgan fingerprint density at radius 1 is 0.964 bits per heavy atom. The van der Waals surface area contributed by atoms with Crippen LogP contribution in [0.2, 0.25) is 0 Å². The van der Waals surface area contributed by atoms with Gasteiger partial charge < -0.3 is 19.6 Å². The van der Waals surface area contributed by atoms with Gasteiger partial charge in [0, 0.05) is 69.7 Å². The van der Waals surface area contributed by atoms with Crippen LogP contribution in [0.3, 0.4) is 0 Å². The molecule has 28 heavy (non-hydrogen) atoms. The van der Waals surface area contributed by atoms with Gasteiger partial charge in [0.05, 0.1) is 5.56 Å². The van der Waals surface area contributed by atoms with Crippen molar-refractivity contribution >= 4 is 17.8 Å². The van der Waals surface area contributed by atoms with E-state index in [1.807, 2.05) is 18.7 Å². The van der Waals surface area contributed by atoms with Gasteiger partial charge in [0.2, 0.25) is 11.9 Å². The van der Waals surface area contributed by atoms with Gasteiger partial charge in [0.25, 0.3) is 5.91 Å². The average molecular weight is 387 g/mol. The third-order valence-electron chi connectivity index (χ3n) is 6.15. The number of likely N-dealkylation sites (N-methyl/N-ethyl adjacent to an activating group) is 1. The quantitative estimate of drug-likeness (QED) is 0.762. The fourth-order valence-corrected chi connectivity index (χ4v) is 4.68. The molecule has 2 bridgehead atoms. The Morgan fingerprint density at radius 2 is 1.50 bits per heavy atom. The van der Waals surface area contributed by atoms with E-state index in [1.54, 1.807) is 17.3 Å². The summed E-state index contributed by atoms with van der Waals surface area (Å²) in [6, 6.07) is 0.939. The summed E-state index contributed by atoms with van der Waals surface area (Å²) in [5.74, 6) is 0.837. The van der Waals surface area contributed by atoms with Crippen LogP contribution < -0.4 is 4.90 Å². The molecule has 4 rings (SSSR count). The minimum atomic E-state index is -0.0513. The van der Waals surface area contributed by atoms with Gasteiger partial charge in [-0.25, -0.2) is 9.97 Å². The number of hydrogen-bond donors (Lipinski definition) is 0. The third-order valence-corrected chi connectivity index (χ3v) is 6.15. The molecule has 0 aromatic carbocycles. The molecular formula is C20H30N6O2. The summed E-state index contributed by atoms with van der Waals surface area (Å²) < 4.78 is 0. The molecule has 0 saturated carbocycles. The summed E-state index contributed by atoms with van der Waals surface area (Å²) in [6.45, 7) is 8.19. The van der Waals surface area contributed by atoms with Gasteiger partial charge in [-0.1, -0.05) is 13.8 Å². The smallest absolute Gasteiger partial charge is 0.257 e. The number of carbonyl (C=O) groups excluding carboxylic acids is 2. The molecular weight excluding hydrogens is 356 g/mol. The van der Waals surface area contributed by atoms with Gasteiger partial charge in [0.15, 0.2) is 0 Å². The summed E-state index contributed by atoms with van der Waals surface area (Å²) in [7, 11) is 2.17. The summed E-state index contributed by atoms with van der Waals surface area (Å²) in [4.78, 5) is 42.3. The van der Waals surface area contributed by atoms with Gasteiger partial charge in [-0.3, -0.25) is 9.59 Å². The van der Waals surface area contributed by atoms with Crippen molar-refractivity contribution in [2.24, 2.45) is 5.92 Å². The number of likely N-dealkylation sites (tertiary alicyclic amines) is 1. The van der Waals surface area contributed by atoms with Gasteiger partial charge in [-0.2, -0.15) is 0 Å². The molecule has 2 amide bonds. The number of fused-ring (bicyclic) bond motifs is 2. The Labute approximate surface area is 166 Å². The summed E-state index contributed by atoms with van der Waals surface area (Å²) >= 11 is 0. The molecule has 1 aromatic rings. The summed E-state index contributed by atoms with van der Waals surface area (Å²) in [5.41, 5.74) is 0.522. The van der Waals surface area contributed by atoms with Crippen LogP contribution in [0, 0.1) is 5.92 Å². The highest BCUT2D eigenvalue weighted by Gasteiger charge is 2.40. The molecule has 0 radical (unpaired) electrons. The van der Waals surface area contributed by atoms with Gasteiger partial charge in [-0.15, -0.1) is 0 Å². The molecule has 3 saturated heterocycles. The molecule has 3 aliphatic heterocycles. The van der Waals surface area contributed by atoms with Crippen LogP contribution >= 0.6 is 0 Å². The lowest BCUT2D eigenvalue weighted by atomic mass is 10.1. The van der Waals surface area contributed by atoms with Crippen molar-refractivity contribution in [1.29, 1.82) is 0 Å². The fraction of sp³-hybridized carbons (Fsp3) is 0.700. The Kier molecular flexibility index (Phi) is 5.23. The van der Waals surface area contributed by atoms with Crippen LogP contribution in [0.1, 0.15) is 37.0 Å².